The van der Waals surface area contributed by atoms with Crippen molar-refractivity contribution >= 4 is 27.1 Å². The van der Waals surface area contributed by atoms with Gasteiger partial charge >= 0.3 is 0 Å². The lowest BCUT2D eigenvalue weighted by Gasteiger charge is -2.08. The molecule has 0 saturated heterocycles. The van der Waals surface area contributed by atoms with Crippen LogP contribution in [0.5, 0.6) is 0 Å². The molecule has 0 aliphatic carbocycles. The summed E-state index contributed by atoms with van der Waals surface area (Å²) in [4.78, 5) is 16.2. The van der Waals surface area contributed by atoms with Crippen LogP contribution in [0.1, 0.15) is 10.4 Å². The molecule has 0 spiro atoms. The van der Waals surface area contributed by atoms with E-state index < -0.39 is 9.84 Å². The molecule has 0 radical (unpaired) electrons. The molecule has 136 valence electrons. The maximum atomic E-state index is 12.7. The molecule has 8 nitrogen and oxygen atoms in total. The molecular formula is C18H15N5O3S. The highest BCUT2D eigenvalue weighted by Gasteiger charge is 2.17. The molecular weight excluding hydrogens is 366 g/mol. The predicted octanol–water partition coefficient (Wildman–Crippen LogP) is 3.12. The average Bonchev–Trinajstić information content (AvgIpc) is 2.70. The van der Waals surface area contributed by atoms with Gasteiger partial charge in [0.25, 0.3) is 5.91 Å². The highest BCUT2D eigenvalue weighted by Crippen LogP contribution is 2.24. The lowest BCUT2D eigenvalue weighted by Crippen LogP contribution is -2.12. The number of hydrogen-bond donors (Lipinski definition) is 2. The maximum Gasteiger partial charge on any atom is 0.257 e. The zero-order valence-corrected chi connectivity index (χ0v) is 14.8. The van der Waals surface area contributed by atoms with Crippen molar-refractivity contribution in [1.29, 1.82) is 0 Å². The third-order valence-electron chi connectivity index (χ3n) is 3.67. The molecule has 0 unspecified atom stereocenters. The molecule has 0 aliphatic rings. The van der Waals surface area contributed by atoms with E-state index in [2.05, 4.69) is 20.6 Å². The number of carbonyl (C=O) groups is 1. The fraction of sp³-hybridized carbons (Fsp3) is 0. The minimum absolute atomic E-state index is 0.107. The maximum absolute atomic E-state index is 12.7. The number of rotatable bonds is 5. The van der Waals surface area contributed by atoms with Gasteiger partial charge in [-0.3, -0.25) is 9.78 Å². The first kappa shape index (κ1) is 18.2. The highest BCUT2D eigenvalue weighted by atomic mass is 32.2. The lowest BCUT2D eigenvalue weighted by atomic mass is 10.2. The van der Waals surface area contributed by atoms with Gasteiger partial charge in [0.2, 0.25) is 9.84 Å². The monoisotopic (exact) mass is 381 g/mol. The van der Waals surface area contributed by atoms with E-state index in [1.54, 1.807) is 18.3 Å². The van der Waals surface area contributed by atoms with Crippen molar-refractivity contribution in [3.05, 3.63) is 78.6 Å². The third kappa shape index (κ3) is 4.15. The number of nitrogens with one attached hydrogen (secondary N) is 1. The summed E-state index contributed by atoms with van der Waals surface area (Å²) in [6, 6.07) is 15.1. The minimum Gasteiger partial charge on any atom is -0.322 e. The van der Waals surface area contributed by atoms with Crippen molar-refractivity contribution in [3.63, 3.8) is 0 Å². The SMILES string of the molecule is NN=Nc1ccc(S(=O)(=O)c2ccc(NC(=O)c3cccnc3)cc2)cc1. The second-order valence-electron chi connectivity index (χ2n) is 5.43. The van der Waals surface area contributed by atoms with Crippen molar-refractivity contribution in [2.45, 2.75) is 9.79 Å². The van der Waals surface area contributed by atoms with Crippen LogP contribution in [0, 0.1) is 0 Å². The van der Waals surface area contributed by atoms with Gasteiger partial charge in [0.05, 0.1) is 21.0 Å². The van der Waals surface area contributed by atoms with E-state index in [0.29, 0.717) is 16.9 Å². The first-order chi connectivity index (χ1) is 13.0. The molecule has 3 aromatic rings. The van der Waals surface area contributed by atoms with Crippen molar-refractivity contribution in [1.82, 2.24) is 4.98 Å². The molecule has 3 N–H and O–H groups in total. The molecule has 0 saturated carbocycles. The van der Waals surface area contributed by atoms with Crippen LogP contribution in [-0.4, -0.2) is 19.3 Å². The van der Waals surface area contributed by atoms with Gasteiger partial charge in [-0.25, -0.2) is 8.42 Å². The zero-order chi connectivity index (χ0) is 19.3. The van der Waals surface area contributed by atoms with Crippen LogP contribution in [0.4, 0.5) is 11.4 Å². The van der Waals surface area contributed by atoms with Gasteiger partial charge in [0.15, 0.2) is 0 Å². The van der Waals surface area contributed by atoms with Gasteiger partial charge < -0.3 is 11.2 Å². The Morgan fingerprint density at radius 1 is 0.963 bits per heavy atom. The van der Waals surface area contributed by atoms with Crippen LogP contribution < -0.4 is 11.2 Å². The summed E-state index contributed by atoms with van der Waals surface area (Å²) >= 11 is 0. The third-order valence-corrected chi connectivity index (χ3v) is 5.45. The van der Waals surface area contributed by atoms with Crippen LogP contribution in [0.25, 0.3) is 0 Å². The smallest absolute Gasteiger partial charge is 0.257 e. The standard InChI is InChI=1S/C18H15N5O3S/c19-23-22-15-5-9-17(10-6-15)27(25,26)16-7-3-14(4-8-16)21-18(24)13-2-1-11-20-12-13/h1-12H,(H2,19,22)(H,21,24). The molecule has 0 aliphatic heterocycles. The molecule has 1 heterocycles. The summed E-state index contributed by atoms with van der Waals surface area (Å²) in [6.07, 6.45) is 3.02. The van der Waals surface area contributed by atoms with Crippen molar-refractivity contribution in [2.75, 3.05) is 5.32 Å². The molecule has 0 bridgehead atoms. The van der Waals surface area contributed by atoms with E-state index in [1.165, 1.54) is 54.7 Å². The number of amides is 1. The van der Waals surface area contributed by atoms with Gasteiger partial charge in [-0.2, -0.15) is 0 Å². The summed E-state index contributed by atoms with van der Waals surface area (Å²) in [7, 11) is -3.69. The first-order valence-electron chi connectivity index (χ1n) is 7.78. The Bertz CT molecular complexity index is 1060. The first-order valence-corrected chi connectivity index (χ1v) is 9.26. The Morgan fingerprint density at radius 3 is 2.15 bits per heavy atom. The Balaban J connectivity index is 1.78. The van der Waals surface area contributed by atoms with Crippen LogP contribution in [0.15, 0.2) is 93.2 Å². The number of anilines is 1. The Hall–Kier alpha value is -3.59. The Labute approximate surface area is 155 Å². The van der Waals surface area contributed by atoms with E-state index in [-0.39, 0.29) is 15.7 Å². The highest BCUT2D eigenvalue weighted by molar-refractivity contribution is 7.91. The largest absolute Gasteiger partial charge is 0.322 e. The molecule has 3 rings (SSSR count). The average molecular weight is 381 g/mol. The second kappa shape index (κ2) is 7.75. The molecule has 0 fully saturated rings. The van der Waals surface area contributed by atoms with Gasteiger partial charge in [0, 0.05) is 18.1 Å². The van der Waals surface area contributed by atoms with Crippen LogP contribution in [-0.2, 0) is 9.84 Å². The van der Waals surface area contributed by atoms with Gasteiger partial charge in [0.1, 0.15) is 0 Å². The molecule has 0 atom stereocenters. The van der Waals surface area contributed by atoms with Gasteiger partial charge in [-0.05, 0) is 60.7 Å². The summed E-state index contributed by atoms with van der Waals surface area (Å²) in [5.41, 5.74) is 1.33. The fourth-order valence-electron chi connectivity index (χ4n) is 2.31. The van der Waals surface area contributed by atoms with Gasteiger partial charge in [-0.15, -0.1) is 5.11 Å². The van der Waals surface area contributed by atoms with Crippen molar-refractivity contribution < 1.29 is 13.2 Å². The summed E-state index contributed by atoms with van der Waals surface area (Å²) < 4.78 is 25.4. The molecule has 27 heavy (non-hydrogen) atoms. The van der Waals surface area contributed by atoms with Crippen LogP contribution in [0.3, 0.4) is 0 Å². The number of pyridine rings is 1. The number of carbonyl (C=O) groups excluding carboxylic acids is 1. The van der Waals surface area contributed by atoms with Crippen LogP contribution >= 0.6 is 0 Å². The van der Waals surface area contributed by atoms with E-state index in [1.807, 2.05) is 0 Å². The number of sulfone groups is 1. The lowest BCUT2D eigenvalue weighted by molar-refractivity contribution is 0.102. The van der Waals surface area contributed by atoms with E-state index in [4.69, 9.17) is 5.84 Å². The molecule has 1 aromatic heterocycles. The Kier molecular flexibility index (Phi) is 5.23. The van der Waals surface area contributed by atoms with E-state index >= 15 is 0 Å². The fourth-order valence-corrected chi connectivity index (χ4v) is 3.57. The zero-order valence-electron chi connectivity index (χ0n) is 14.0. The summed E-state index contributed by atoms with van der Waals surface area (Å²) in [5, 5.41) is 9.47. The van der Waals surface area contributed by atoms with Crippen LogP contribution in [0.2, 0.25) is 0 Å². The topological polar surface area (TPSA) is 127 Å². The number of nitrogens with zero attached hydrogens (tertiary/aromatic N) is 3. The Morgan fingerprint density at radius 2 is 1.59 bits per heavy atom. The normalized spacial score (nSPS) is 11.4. The summed E-state index contributed by atoms with van der Waals surface area (Å²) in [5.74, 6) is 4.64. The molecule has 9 heteroatoms. The van der Waals surface area contributed by atoms with Crippen molar-refractivity contribution in [3.8, 4) is 0 Å². The van der Waals surface area contributed by atoms with E-state index in [0.717, 1.165) is 0 Å². The second-order valence-corrected chi connectivity index (χ2v) is 7.38. The van der Waals surface area contributed by atoms with Gasteiger partial charge in [-0.1, -0.05) is 5.22 Å². The number of nitrogens with two attached hydrogens (primary N) is 1. The van der Waals surface area contributed by atoms with Crippen molar-refractivity contribution in [2.24, 2.45) is 16.2 Å². The number of benzene rings is 2. The molecule has 2 aromatic carbocycles. The van der Waals surface area contributed by atoms with E-state index in [9.17, 15) is 13.2 Å². The predicted molar refractivity (Wildman–Crippen MR) is 99.2 cm³/mol. The quantitative estimate of drug-likeness (QED) is 0.399. The number of hydrogen-bond acceptors (Lipinski definition) is 6. The summed E-state index contributed by atoms with van der Waals surface area (Å²) in [6.45, 7) is 0. The molecule has 1 amide bonds. The minimum atomic E-state index is -3.69. The number of aromatic nitrogens is 1.